The van der Waals surface area contributed by atoms with E-state index < -0.39 is 4.92 Å². The number of benzene rings is 1. The number of fused-ring (bicyclic) bond motifs is 1. The van der Waals surface area contributed by atoms with E-state index in [0.29, 0.717) is 11.1 Å². The zero-order valence-corrected chi connectivity index (χ0v) is 12.0. The average Bonchev–Trinajstić information content (AvgIpc) is 2.88. The van der Waals surface area contributed by atoms with Gasteiger partial charge in [-0.3, -0.25) is 15.0 Å². The molecular weight excluding hydrogens is 278 g/mol. The lowest BCUT2D eigenvalue weighted by Crippen LogP contribution is -2.43. The highest BCUT2D eigenvalue weighted by atomic mass is 35.5. The van der Waals surface area contributed by atoms with E-state index in [-0.39, 0.29) is 5.69 Å². The Morgan fingerprint density at radius 1 is 1.45 bits per heavy atom. The van der Waals surface area contributed by atoms with Crippen LogP contribution < -0.4 is 5.32 Å². The van der Waals surface area contributed by atoms with Gasteiger partial charge in [-0.15, -0.1) is 0 Å². The lowest BCUT2D eigenvalue weighted by Gasteiger charge is -2.35. The van der Waals surface area contributed by atoms with Crippen LogP contribution in [-0.2, 0) is 6.54 Å². The number of nitrogens with one attached hydrogen (secondary N) is 1. The molecule has 6 heteroatoms. The van der Waals surface area contributed by atoms with Crippen molar-refractivity contribution in [2.45, 2.75) is 25.4 Å². The van der Waals surface area contributed by atoms with Crippen molar-refractivity contribution in [3.63, 3.8) is 0 Å². The first-order valence-electron chi connectivity index (χ1n) is 7.02. The first-order chi connectivity index (χ1) is 9.63. The minimum Gasteiger partial charge on any atom is -0.314 e. The summed E-state index contributed by atoms with van der Waals surface area (Å²) in [7, 11) is 0. The number of nitro benzene ring substituents is 1. The van der Waals surface area contributed by atoms with Crippen LogP contribution in [0.3, 0.4) is 0 Å². The first kappa shape index (κ1) is 13.8. The third-order valence-corrected chi connectivity index (χ3v) is 4.73. The zero-order chi connectivity index (χ0) is 14.1. The van der Waals surface area contributed by atoms with Crippen molar-refractivity contribution in [1.29, 1.82) is 0 Å². The van der Waals surface area contributed by atoms with Crippen molar-refractivity contribution in [3.8, 4) is 0 Å². The van der Waals surface area contributed by atoms with Crippen molar-refractivity contribution in [2.75, 3.05) is 19.6 Å². The van der Waals surface area contributed by atoms with Crippen molar-refractivity contribution < 1.29 is 4.92 Å². The smallest absolute Gasteiger partial charge is 0.270 e. The van der Waals surface area contributed by atoms with Crippen molar-refractivity contribution in [3.05, 3.63) is 38.9 Å². The summed E-state index contributed by atoms with van der Waals surface area (Å²) in [5.74, 6) is 0.737. The molecule has 0 amide bonds. The van der Waals surface area contributed by atoms with Crippen molar-refractivity contribution in [1.82, 2.24) is 10.2 Å². The van der Waals surface area contributed by atoms with Gasteiger partial charge < -0.3 is 5.32 Å². The minimum atomic E-state index is -0.411. The maximum atomic E-state index is 10.7. The number of likely N-dealkylation sites (tertiary alicyclic amines) is 1. The molecule has 0 radical (unpaired) electrons. The lowest BCUT2D eigenvalue weighted by molar-refractivity contribution is -0.384. The van der Waals surface area contributed by atoms with Gasteiger partial charge in [0.2, 0.25) is 0 Å². The van der Waals surface area contributed by atoms with Crippen molar-refractivity contribution >= 4 is 17.3 Å². The van der Waals surface area contributed by atoms with Crippen LogP contribution in [0.5, 0.6) is 0 Å². The highest BCUT2D eigenvalue weighted by Gasteiger charge is 2.32. The second-order valence-corrected chi connectivity index (χ2v) is 6.07. The molecule has 2 unspecified atom stereocenters. The second kappa shape index (κ2) is 5.68. The van der Waals surface area contributed by atoms with Gasteiger partial charge in [-0.2, -0.15) is 0 Å². The van der Waals surface area contributed by atoms with Gasteiger partial charge in [0.05, 0.1) is 9.95 Å². The van der Waals surface area contributed by atoms with E-state index >= 15 is 0 Å². The van der Waals surface area contributed by atoms with E-state index in [2.05, 4.69) is 10.2 Å². The number of nitrogens with zero attached hydrogens (tertiary/aromatic N) is 2. The minimum absolute atomic E-state index is 0.0532. The number of non-ortho nitro benzene ring substituents is 1. The third kappa shape index (κ3) is 2.80. The summed E-state index contributed by atoms with van der Waals surface area (Å²) in [6.07, 6.45) is 2.42. The maximum absolute atomic E-state index is 10.7. The molecule has 20 heavy (non-hydrogen) atoms. The summed E-state index contributed by atoms with van der Waals surface area (Å²) in [5.41, 5.74) is 1.03. The molecule has 1 aromatic rings. The molecule has 0 bridgehead atoms. The SMILES string of the molecule is O=[N+]([O-])c1ccc(CN2CCC3NCCC3C2)c(Cl)c1. The summed E-state index contributed by atoms with van der Waals surface area (Å²) in [6, 6.07) is 5.43. The van der Waals surface area contributed by atoms with E-state index in [0.717, 1.165) is 37.7 Å². The summed E-state index contributed by atoms with van der Waals surface area (Å²) in [4.78, 5) is 12.7. The van der Waals surface area contributed by atoms with Gasteiger partial charge in [-0.1, -0.05) is 11.6 Å². The lowest BCUT2D eigenvalue weighted by atomic mass is 9.93. The Hall–Kier alpha value is -1.17. The van der Waals surface area contributed by atoms with E-state index in [4.69, 9.17) is 11.6 Å². The molecule has 2 fully saturated rings. The van der Waals surface area contributed by atoms with Crippen molar-refractivity contribution in [2.24, 2.45) is 5.92 Å². The molecule has 5 nitrogen and oxygen atoms in total. The Morgan fingerprint density at radius 3 is 3.05 bits per heavy atom. The van der Waals surface area contributed by atoms with Crippen LogP contribution in [-0.4, -0.2) is 35.5 Å². The fraction of sp³-hybridized carbons (Fsp3) is 0.571. The average molecular weight is 296 g/mol. The van der Waals surface area contributed by atoms with Crippen LogP contribution in [0.25, 0.3) is 0 Å². The number of halogens is 1. The zero-order valence-electron chi connectivity index (χ0n) is 11.2. The monoisotopic (exact) mass is 295 g/mol. The molecular formula is C14H18ClN3O2. The molecule has 1 aromatic carbocycles. The second-order valence-electron chi connectivity index (χ2n) is 5.67. The number of nitro groups is 1. The van der Waals surface area contributed by atoms with Gasteiger partial charge in [-0.05, 0) is 43.5 Å². The van der Waals surface area contributed by atoms with Gasteiger partial charge in [0.25, 0.3) is 5.69 Å². The van der Waals surface area contributed by atoms with Crippen LogP contribution in [0.4, 0.5) is 5.69 Å². The molecule has 2 heterocycles. The van der Waals surface area contributed by atoms with E-state index in [1.807, 2.05) is 0 Å². The maximum Gasteiger partial charge on any atom is 0.270 e. The summed E-state index contributed by atoms with van der Waals surface area (Å²) in [5, 5.41) is 14.7. The molecule has 2 aliphatic rings. The molecule has 1 N–H and O–H groups in total. The van der Waals surface area contributed by atoms with E-state index in [1.165, 1.54) is 25.0 Å². The number of hydrogen-bond acceptors (Lipinski definition) is 4. The molecule has 2 atom stereocenters. The molecule has 0 aromatic heterocycles. The van der Waals surface area contributed by atoms with Crippen LogP contribution in [0, 0.1) is 16.0 Å². The first-order valence-corrected chi connectivity index (χ1v) is 7.40. The fourth-order valence-corrected chi connectivity index (χ4v) is 3.52. The topological polar surface area (TPSA) is 58.4 Å². The van der Waals surface area contributed by atoms with Crippen LogP contribution in [0.15, 0.2) is 18.2 Å². The molecule has 3 rings (SSSR count). The Bertz CT molecular complexity index is 523. The molecule has 0 saturated carbocycles. The highest BCUT2D eigenvalue weighted by Crippen LogP contribution is 2.28. The molecule has 108 valence electrons. The van der Waals surface area contributed by atoms with E-state index in [9.17, 15) is 10.1 Å². The summed E-state index contributed by atoms with van der Waals surface area (Å²) < 4.78 is 0. The van der Waals surface area contributed by atoms with Gasteiger partial charge in [0.1, 0.15) is 0 Å². The summed E-state index contributed by atoms with van der Waals surface area (Å²) in [6.45, 7) is 4.05. The van der Waals surface area contributed by atoms with Gasteiger partial charge >= 0.3 is 0 Å². The molecule has 2 saturated heterocycles. The third-order valence-electron chi connectivity index (χ3n) is 4.38. The number of hydrogen-bond donors (Lipinski definition) is 1. The predicted molar refractivity (Wildman–Crippen MR) is 77.9 cm³/mol. The van der Waals surface area contributed by atoms with Crippen LogP contribution in [0.2, 0.25) is 5.02 Å². The fourth-order valence-electron chi connectivity index (χ4n) is 3.29. The number of rotatable bonds is 3. The van der Waals surface area contributed by atoms with Gasteiger partial charge in [0, 0.05) is 31.3 Å². The standard InChI is InChI=1S/C14H18ClN3O2/c15-13-7-12(18(19)20)2-1-10(13)8-17-6-4-14-11(9-17)3-5-16-14/h1-2,7,11,14,16H,3-6,8-9H2. The molecule has 2 aliphatic heterocycles. The molecule has 0 spiro atoms. The molecule has 0 aliphatic carbocycles. The normalized spacial score (nSPS) is 26.4. The quantitative estimate of drug-likeness (QED) is 0.687. The van der Waals surface area contributed by atoms with Crippen LogP contribution >= 0.6 is 11.6 Å². The number of piperidine rings is 1. The highest BCUT2D eigenvalue weighted by molar-refractivity contribution is 6.31. The summed E-state index contributed by atoms with van der Waals surface area (Å²) >= 11 is 6.16. The van der Waals surface area contributed by atoms with Crippen LogP contribution in [0.1, 0.15) is 18.4 Å². The Kier molecular flexibility index (Phi) is 3.92. The van der Waals surface area contributed by atoms with E-state index in [1.54, 1.807) is 6.07 Å². The largest absolute Gasteiger partial charge is 0.314 e. The Labute approximate surface area is 123 Å². The predicted octanol–water partition coefficient (Wildman–Crippen LogP) is 2.43. The van der Waals surface area contributed by atoms with Gasteiger partial charge in [-0.25, -0.2) is 0 Å². The van der Waals surface area contributed by atoms with Gasteiger partial charge in [0.15, 0.2) is 0 Å². The Balaban J connectivity index is 1.67. The Morgan fingerprint density at radius 2 is 2.30 bits per heavy atom.